The quantitative estimate of drug-likeness (QED) is 0.788. The number of rotatable bonds is 8. The van der Waals surface area contributed by atoms with E-state index < -0.39 is 0 Å². The molecule has 1 aromatic carbocycles. The first-order chi connectivity index (χ1) is 12.7. The number of benzene rings is 1. The topological polar surface area (TPSA) is 46.6 Å². The lowest BCUT2D eigenvalue weighted by molar-refractivity contribution is 0.216. The first-order valence-electron chi connectivity index (χ1n) is 9.32. The van der Waals surface area contributed by atoms with Crippen LogP contribution in [-0.4, -0.2) is 43.7 Å². The maximum Gasteiger partial charge on any atom is 0.161 e. The molecule has 2 aromatic rings. The molecule has 0 unspecified atom stereocenters. The van der Waals surface area contributed by atoms with Crippen molar-refractivity contribution in [2.45, 2.75) is 26.0 Å². The fourth-order valence-corrected chi connectivity index (χ4v) is 3.28. The molecule has 0 radical (unpaired) electrons. The normalized spacial score (nSPS) is 15.8. The average molecular weight is 355 g/mol. The first kappa shape index (κ1) is 18.7. The molecule has 3 rings (SSSR count). The molecule has 1 saturated heterocycles. The van der Waals surface area contributed by atoms with Gasteiger partial charge in [0.25, 0.3) is 0 Å². The summed E-state index contributed by atoms with van der Waals surface area (Å²) in [6.07, 6.45) is 6.15. The van der Waals surface area contributed by atoms with Gasteiger partial charge in [-0.05, 0) is 69.2 Å². The fourth-order valence-electron chi connectivity index (χ4n) is 3.28. The van der Waals surface area contributed by atoms with Crippen molar-refractivity contribution in [1.29, 1.82) is 0 Å². The minimum atomic E-state index is 0.483. The van der Waals surface area contributed by atoms with Gasteiger partial charge in [0.05, 0.1) is 7.11 Å². The third kappa shape index (κ3) is 5.44. The van der Waals surface area contributed by atoms with Gasteiger partial charge >= 0.3 is 0 Å². The molecule has 5 heteroatoms. The van der Waals surface area contributed by atoms with Gasteiger partial charge in [-0.3, -0.25) is 4.98 Å². The van der Waals surface area contributed by atoms with E-state index in [9.17, 15) is 0 Å². The molecule has 0 bridgehead atoms. The number of pyridine rings is 1. The van der Waals surface area contributed by atoms with Crippen LogP contribution < -0.4 is 14.8 Å². The van der Waals surface area contributed by atoms with Crippen molar-refractivity contribution >= 4 is 0 Å². The number of hydrogen-bond donors (Lipinski definition) is 1. The van der Waals surface area contributed by atoms with E-state index >= 15 is 0 Å². The molecule has 1 aromatic heterocycles. The Morgan fingerprint density at radius 2 is 2.00 bits per heavy atom. The van der Waals surface area contributed by atoms with Crippen molar-refractivity contribution < 1.29 is 9.47 Å². The summed E-state index contributed by atoms with van der Waals surface area (Å²) >= 11 is 0. The van der Waals surface area contributed by atoms with Gasteiger partial charge in [0.2, 0.25) is 0 Å². The summed E-state index contributed by atoms with van der Waals surface area (Å²) in [7, 11) is 3.87. The SMILES string of the molecule is COc1ccc(CNCC2CCN(C)CC2)cc1OCc1cccnc1. The Bertz CT molecular complexity index is 670. The van der Waals surface area contributed by atoms with Gasteiger partial charge in [0, 0.05) is 24.5 Å². The summed E-state index contributed by atoms with van der Waals surface area (Å²) in [5.74, 6) is 2.31. The van der Waals surface area contributed by atoms with Gasteiger partial charge in [-0.15, -0.1) is 0 Å². The van der Waals surface area contributed by atoms with Crippen LogP contribution in [0.2, 0.25) is 0 Å². The van der Waals surface area contributed by atoms with Crippen LogP contribution in [0.15, 0.2) is 42.7 Å². The van der Waals surface area contributed by atoms with Crippen LogP contribution in [-0.2, 0) is 13.2 Å². The second-order valence-electron chi connectivity index (χ2n) is 7.01. The number of aromatic nitrogens is 1. The van der Waals surface area contributed by atoms with E-state index in [4.69, 9.17) is 9.47 Å². The molecule has 1 fully saturated rings. The van der Waals surface area contributed by atoms with Crippen molar-refractivity contribution in [3.05, 3.63) is 53.9 Å². The monoisotopic (exact) mass is 355 g/mol. The van der Waals surface area contributed by atoms with Crippen LogP contribution in [0.3, 0.4) is 0 Å². The van der Waals surface area contributed by atoms with Gasteiger partial charge in [0.15, 0.2) is 11.5 Å². The van der Waals surface area contributed by atoms with Gasteiger partial charge in [0.1, 0.15) is 6.61 Å². The molecule has 0 saturated carbocycles. The number of likely N-dealkylation sites (tertiary alicyclic amines) is 1. The van der Waals surface area contributed by atoms with Crippen molar-refractivity contribution in [1.82, 2.24) is 15.2 Å². The Balaban J connectivity index is 1.53. The van der Waals surface area contributed by atoms with Crippen LogP contribution in [0, 0.1) is 5.92 Å². The number of nitrogens with one attached hydrogen (secondary N) is 1. The van der Waals surface area contributed by atoms with Crippen LogP contribution in [0.5, 0.6) is 11.5 Å². The molecule has 1 N–H and O–H groups in total. The van der Waals surface area contributed by atoms with E-state index in [1.165, 1.54) is 31.5 Å². The van der Waals surface area contributed by atoms with E-state index in [0.717, 1.165) is 36.1 Å². The van der Waals surface area contributed by atoms with Crippen molar-refractivity contribution in [3.8, 4) is 11.5 Å². The summed E-state index contributed by atoms with van der Waals surface area (Å²) < 4.78 is 11.4. The number of piperidine rings is 1. The Morgan fingerprint density at radius 3 is 2.73 bits per heavy atom. The lowest BCUT2D eigenvalue weighted by Crippen LogP contribution is -2.34. The van der Waals surface area contributed by atoms with Gasteiger partial charge in [-0.25, -0.2) is 0 Å². The zero-order valence-corrected chi connectivity index (χ0v) is 15.8. The van der Waals surface area contributed by atoms with E-state index in [-0.39, 0.29) is 0 Å². The van der Waals surface area contributed by atoms with Crippen LogP contribution in [0.4, 0.5) is 0 Å². The zero-order chi connectivity index (χ0) is 18.2. The molecule has 1 aliphatic heterocycles. The predicted molar refractivity (Wildman–Crippen MR) is 103 cm³/mol. The van der Waals surface area contributed by atoms with E-state index in [2.05, 4.69) is 34.4 Å². The van der Waals surface area contributed by atoms with Gasteiger partial charge in [-0.1, -0.05) is 12.1 Å². The highest BCUT2D eigenvalue weighted by Gasteiger charge is 2.16. The highest BCUT2D eigenvalue weighted by atomic mass is 16.5. The molecule has 0 atom stereocenters. The highest BCUT2D eigenvalue weighted by molar-refractivity contribution is 5.43. The molecule has 140 valence electrons. The molecular formula is C21H29N3O2. The lowest BCUT2D eigenvalue weighted by Gasteiger charge is -2.29. The summed E-state index contributed by atoms with van der Waals surface area (Å²) in [6.45, 7) is 4.82. The molecule has 2 heterocycles. The van der Waals surface area contributed by atoms with E-state index in [1.807, 2.05) is 24.4 Å². The van der Waals surface area contributed by atoms with Crippen molar-refractivity contribution in [3.63, 3.8) is 0 Å². The van der Waals surface area contributed by atoms with Crippen LogP contribution >= 0.6 is 0 Å². The fraction of sp³-hybridized carbons (Fsp3) is 0.476. The Morgan fingerprint density at radius 1 is 1.15 bits per heavy atom. The summed E-state index contributed by atoms with van der Waals surface area (Å²) in [4.78, 5) is 6.53. The second-order valence-corrected chi connectivity index (χ2v) is 7.01. The van der Waals surface area contributed by atoms with Crippen LogP contribution in [0.25, 0.3) is 0 Å². The third-order valence-corrected chi connectivity index (χ3v) is 4.95. The maximum absolute atomic E-state index is 5.96. The van der Waals surface area contributed by atoms with Crippen LogP contribution in [0.1, 0.15) is 24.0 Å². The standard InChI is InChI=1S/C21H29N3O2/c1-24-10-7-17(8-11-24)13-23-14-18-5-6-20(25-2)21(12-18)26-16-19-4-3-9-22-15-19/h3-6,9,12,15,17,23H,7-8,10-11,13-14,16H2,1-2H3. The van der Waals surface area contributed by atoms with E-state index in [1.54, 1.807) is 13.3 Å². The molecule has 26 heavy (non-hydrogen) atoms. The first-order valence-corrected chi connectivity index (χ1v) is 9.32. The zero-order valence-electron chi connectivity index (χ0n) is 15.8. The second kappa shape index (κ2) is 9.55. The van der Waals surface area contributed by atoms with E-state index in [0.29, 0.717) is 6.61 Å². The average Bonchev–Trinajstić information content (AvgIpc) is 2.69. The summed E-state index contributed by atoms with van der Waals surface area (Å²) in [5, 5.41) is 3.60. The number of methoxy groups -OCH3 is 1. The summed E-state index contributed by atoms with van der Waals surface area (Å²) in [6, 6.07) is 10.1. The third-order valence-electron chi connectivity index (χ3n) is 4.95. The van der Waals surface area contributed by atoms with Gasteiger partial charge < -0.3 is 19.7 Å². The number of nitrogens with zero attached hydrogens (tertiary/aromatic N) is 2. The number of ether oxygens (including phenoxy) is 2. The largest absolute Gasteiger partial charge is 0.493 e. The maximum atomic E-state index is 5.96. The molecule has 0 aliphatic carbocycles. The smallest absolute Gasteiger partial charge is 0.161 e. The molecule has 0 spiro atoms. The Hall–Kier alpha value is -2.11. The minimum Gasteiger partial charge on any atom is -0.493 e. The predicted octanol–water partition coefficient (Wildman–Crippen LogP) is 3.10. The Kier molecular flexibility index (Phi) is 6.86. The molecule has 1 aliphatic rings. The number of hydrogen-bond acceptors (Lipinski definition) is 5. The summed E-state index contributed by atoms with van der Waals surface area (Å²) in [5.41, 5.74) is 2.25. The Labute approximate surface area is 156 Å². The van der Waals surface area contributed by atoms with Gasteiger partial charge in [-0.2, -0.15) is 0 Å². The lowest BCUT2D eigenvalue weighted by atomic mass is 9.97. The minimum absolute atomic E-state index is 0.483. The molecule has 5 nitrogen and oxygen atoms in total. The van der Waals surface area contributed by atoms with Crippen molar-refractivity contribution in [2.24, 2.45) is 5.92 Å². The molecular weight excluding hydrogens is 326 g/mol. The molecule has 0 amide bonds. The van der Waals surface area contributed by atoms with Crippen molar-refractivity contribution in [2.75, 3.05) is 33.8 Å². The highest BCUT2D eigenvalue weighted by Crippen LogP contribution is 2.29.